The molecule has 0 aliphatic heterocycles. The van der Waals surface area contributed by atoms with Crippen molar-refractivity contribution in [3.63, 3.8) is 0 Å². The lowest BCUT2D eigenvalue weighted by atomic mass is 10.0. The van der Waals surface area contributed by atoms with Crippen LogP contribution in [0.3, 0.4) is 0 Å². The minimum atomic E-state index is -0.763. The Bertz CT molecular complexity index is 1260. The summed E-state index contributed by atoms with van der Waals surface area (Å²) >= 11 is 0. The summed E-state index contributed by atoms with van der Waals surface area (Å²) in [6.45, 7) is 6.67. The Kier molecular flexibility index (Phi) is 69.0. The van der Waals surface area contributed by atoms with Crippen LogP contribution in [0, 0.1) is 0 Å². The van der Waals surface area contributed by atoms with E-state index < -0.39 is 6.10 Å². The molecule has 0 amide bonds. The average molecular weight is 1140 g/mol. The molecule has 0 saturated carbocycles. The van der Waals surface area contributed by atoms with Crippen LogP contribution >= 0.6 is 0 Å². The molecular formula is C75H144O6. The van der Waals surface area contributed by atoms with E-state index in [4.69, 9.17) is 14.2 Å². The molecule has 480 valence electrons. The molecule has 0 aromatic carbocycles. The number of unbranched alkanes of at least 4 members (excludes halogenated alkanes) is 57. The highest BCUT2D eigenvalue weighted by Gasteiger charge is 2.20. The summed E-state index contributed by atoms with van der Waals surface area (Å²) in [6.07, 6.45) is 86.0. The van der Waals surface area contributed by atoms with E-state index in [9.17, 15) is 14.4 Å². The molecule has 1 unspecified atom stereocenters. The maximum atomic E-state index is 12.9. The maximum absolute atomic E-state index is 12.9. The summed E-state index contributed by atoms with van der Waals surface area (Å²) in [5, 5.41) is 0. The third-order valence-corrected chi connectivity index (χ3v) is 17.3. The predicted octanol–water partition coefficient (Wildman–Crippen LogP) is 25.6. The van der Waals surface area contributed by atoms with Gasteiger partial charge in [-0.2, -0.15) is 0 Å². The van der Waals surface area contributed by atoms with E-state index >= 15 is 0 Å². The first-order valence-corrected chi connectivity index (χ1v) is 37.2. The van der Waals surface area contributed by atoms with E-state index in [0.717, 1.165) is 57.8 Å². The zero-order valence-electron chi connectivity index (χ0n) is 55.4. The van der Waals surface area contributed by atoms with Gasteiger partial charge >= 0.3 is 17.9 Å². The molecule has 0 N–H and O–H groups in total. The van der Waals surface area contributed by atoms with Crippen molar-refractivity contribution in [2.24, 2.45) is 0 Å². The number of carbonyl (C=O) groups excluding carboxylic acids is 3. The molecule has 81 heavy (non-hydrogen) atoms. The number of hydrogen-bond donors (Lipinski definition) is 0. The van der Waals surface area contributed by atoms with Crippen molar-refractivity contribution in [3.05, 3.63) is 12.2 Å². The second kappa shape index (κ2) is 70.6. The molecule has 0 saturated heterocycles. The van der Waals surface area contributed by atoms with Crippen LogP contribution in [0.1, 0.15) is 432 Å². The van der Waals surface area contributed by atoms with Gasteiger partial charge in [0.2, 0.25) is 0 Å². The Labute approximate surface area is 507 Å². The van der Waals surface area contributed by atoms with Crippen LogP contribution in [0.4, 0.5) is 0 Å². The van der Waals surface area contributed by atoms with Crippen molar-refractivity contribution in [2.45, 2.75) is 438 Å². The highest BCUT2D eigenvalue weighted by atomic mass is 16.6. The third-order valence-electron chi connectivity index (χ3n) is 17.3. The predicted molar refractivity (Wildman–Crippen MR) is 353 cm³/mol. The van der Waals surface area contributed by atoms with Crippen LogP contribution in [0.15, 0.2) is 12.2 Å². The second-order valence-electron chi connectivity index (χ2n) is 25.6. The fourth-order valence-electron chi connectivity index (χ4n) is 11.7. The van der Waals surface area contributed by atoms with Crippen molar-refractivity contribution in [2.75, 3.05) is 13.2 Å². The highest BCUT2D eigenvalue weighted by Crippen LogP contribution is 2.20. The van der Waals surface area contributed by atoms with Gasteiger partial charge in [-0.25, -0.2) is 0 Å². The number of rotatable bonds is 70. The fourth-order valence-corrected chi connectivity index (χ4v) is 11.7. The molecule has 0 aliphatic rings. The van der Waals surface area contributed by atoms with Crippen LogP contribution in [-0.4, -0.2) is 37.2 Å². The molecule has 6 heteroatoms. The standard InChI is InChI=1S/C75H144O6/c1-4-7-10-13-16-18-20-22-24-26-28-30-32-34-36-37-38-39-40-42-43-45-47-49-51-53-55-57-59-62-65-68-74(77)80-71-72(70-79-73(76)67-64-61-15-12-9-6-3)81-75(78)69-66-63-60-58-56-54-52-50-48-46-44-41-35-33-31-29-27-25-23-21-19-17-14-11-8-5-2/h26,28,72H,4-25,27,29-71H2,1-3H3/b28-26-. The number of carbonyl (C=O) groups is 3. The number of hydrogen-bond acceptors (Lipinski definition) is 6. The van der Waals surface area contributed by atoms with Crippen molar-refractivity contribution in [1.82, 2.24) is 0 Å². The van der Waals surface area contributed by atoms with Crippen LogP contribution in [0.25, 0.3) is 0 Å². The van der Waals surface area contributed by atoms with Gasteiger partial charge in [-0.3, -0.25) is 14.4 Å². The average Bonchev–Trinajstić information content (AvgIpc) is 3.47. The minimum absolute atomic E-state index is 0.0631. The number of ether oxygens (including phenoxy) is 3. The van der Waals surface area contributed by atoms with Crippen molar-refractivity contribution in [1.29, 1.82) is 0 Å². The smallest absolute Gasteiger partial charge is 0.306 e. The normalized spacial score (nSPS) is 12.0. The van der Waals surface area contributed by atoms with Gasteiger partial charge < -0.3 is 14.2 Å². The Hall–Kier alpha value is -1.85. The molecule has 0 fully saturated rings. The summed E-state index contributed by atoms with van der Waals surface area (Å²) in [5.41, 5.74) is 0. The van der Waals surface area contributed by atoms with Crippen LogP contribution in [-0.2, 0) is 28.6 Å². The molecular weight excluding hydrogens is 997 g/mol. The SMILES string of the molecule is CCCCCCCCCC/C=C\CCCCCCCCCCCCCCCCCCCCCC(=O)OCC(COC(=O)CCCCCCCC)OC(=O)CCCCCCCCCCCCCCCCCCCCCCCCCCCC. The molecule has 0 aromatic rings. The van der Waals surface area contributed by atoms with Gasteiger partial charge in [-0.05, 0) is 44.9 Å². The quantitative estimate of drug-likeness (QED) is 0.0261. The fraction of sp³-hybridized carbons (Fsp3) is 0.933. The van der Waals surface area contributed by atoms with E-state index in [-0.39, 0.29) is 31.1 Å². The van der Waals surface area contributed by atoms with E-state index in [1.807, 2.05) is 0 Å². The summed E-state index contributed by atoms with van der Waals surface area (Å²) in [5.74, 6) is -0.839. The number of allylic oxidation sites excluding steroid dienone is 2. The van der Waals surface area contributed by atoms with E-state index in [1.165, 1.54) is 334 Å². The topological polar surface area (TPSA) is 78.9 Å². The van der Waals surface area contributed by atoms with E-state index in [1.54, 1.807) is 0 Å². The Morgan fingerprint density at radius 1 is 0.235 bits per heavy atom. The van der Waals surface area contributed by atoms with E-state index in [0.29, 0.717) is 19.3 Å². The maximum Gasteiger partial charge on any atom is 0.306 e. The first kappa shape index (κ1) is 79.2. The summed E-state index contributed by atoms with van der Waals surface area (Å²) in [6, 6.07) is 0. The number of esters is 3. The molecule has 0 spiro atoms. The first-order chi connectivity index (χ1) is 40.0. The minimum Gasteiger partial charge on any atom is -0.462 e. The van der Waals surface area contributed by atoms with Crippen molar-refractivity contribution in [3.8, 4) is 0 Å². The molecule has 0 bridgehead atoms. The van der Waals surface area contributed by atoms with Crippen LogP contribution in [0.2, 0.25) is 0 Å². The van der Waals surface area contributed by atoms with E-state index in [2.05, 4.69) is 32.9 Å². The second-order valence-corrected chi connectivity index (χ2v) is 25.6. The highest BCUT2D eigenvalue weighted by molar-refractivity contribution is 5.71. The van der Waals surface area contributed by atoms with Gasteiger partial charge in [0.15, 0.2) is 6.10 Å². The Morgan fingerprint density at radius 2 is 0.407 bits per heavy atom. The molecule has 6 nitrogen and oxygen atoms in total. The zero-order chi connectivity index (χ0) is 58.5. The Balaban J connectivity index is 3.92. The van der Waals surface area contributed by atoms with Gasteiger partial charge in [0, 0.05) is 19.3 Å². The van der Waals surface area contributed by atoms with Gasteiger partial charge in [-0.1, -0.05) is 380 Å². The lowest BCUT2D eigenvalue weighted by Crippen LogP contribution is -2.30. The van der Waals surface area contributed by atoms with Crippen LogP contribution < -0.4 is 0 Å². The van der Waals surface area contributed by atoms with Gasteiger partial charge in [0.25, 0.3) is 0 Å². The lowest BCUT2D eigenvalue weighted by Gasteiger charge is -2.18. The van der Waals surface area contributed by atoms with Crippen molar-refractivity contribution >= 4 is 17.9 Å². The van der Waals surface area contributed by atoms with Gasteiger partial charge in [0.1, 0.15) is 13.2 Å². The lowest BCUT2D eigenvalue weighted by molar-refractivity contribution is -0.167. The largest absolute Gasteiger partial charge is 0.462 e. The van der Waals surface area contributed by atoms with Gasteiger partial charge in [-0.15, -0.1) is 0 Å². The third kappa shape index (κ3) is 68.8. The Morgan fingerprint density at radius 3 is 0.617 bits per heavy atom. The summed E-state index contributed by atoms with van der Waals surface area (Å²) < 4.78 is 16.9. The summed E-state index contributed by atoms with van der Waals surface area (Å²) in [4.78, 5) is 38.1. The molecule has 0 aromatic heterocycles. The monoisotopic (exact) mass is 1140 g/mol. The summed E-state index contributed by atoms with van der Waals surface area (Å²) in [7, 11) is 0. The molecule has 0 heterocycles. The molecule has 0 aliphatic carbocycles. The molecule has 1 atom stereocenters. The van der Waals surface area contributed by atoms with Crippen LogP contribution in [0.5, 0.6) is 0 Å². The molecule has 0 rings (SSSR count). The zero-order valence-corrected chi connectivity index (χ0v) is 55.4. The molecule has 0 radical (unpaired) electrons. The van der Waals surface area contributed by atoms with Crippen molar-refractivity contribution < 1.29 is 28.6 Å². The first-order valence-electron chi connectivity index (χ1n) is 37.2. The van der Waals surface area contributed by atoms with Gasteiger partial charge in [0.05, 0.1) is 0 Å².